The molecule has 27 heavy (non-hydrogen) atoms. The van der Waals surface area contributed by atoms with Gasteiger partial charge in [0.25, 0.3) is 0 Å². The molecule has 1 aromatic carbocycles. The summed E-state index contributed by atoms with van der Waals surface area (Å²) in [4.78, 5) is 6.44. The molecule has 5 nitrogen and oxygen atoms in total. The number of nitrogens with one attached hydrogen (secondary N) is 1. The van der Waals surface area contributed by atoms with E-state index in [0.29, 0.717) is 19.8 Å². The highest BCUT2D eigenvalue weighted by molar-refractivity contribution is 5.79. The van der Waals surface area contributed by atoms with Gasteiger partial charge in [-0.1, -0.05) is 12.1 Å². The number of alkyl halides is 3. The summed E-state index contributed by atoms with van der Waals surface area (Å²) in [6, 6.07) is 5.19. The van der Waals surface area contributed by atoms with E-state index in [0.717, 1.165) is 56.0 Å². The van der Waals surface area contributed by atoms with Crippen molar-refractivity contribution in [2.75, 3.05) is 40.5 Å². The number of aliphatic imine (C=N–C) groups is 1. The molecule has 1 fully saturated rings. The van der Waals surface area contributed by atoms with Crippen molar-refractivity contribution in [1.29, 1.82) is 0 Å². The maximum absolute atomic E-state index is 12.6. The number of piperidine rings is 1. The van der Waals surface area contributed by atoms with Gasteiger partial charge >= 0.3 is 6.18 Å². The second kappa shape index (κ2) is 10.5. The van der Waals surface area contributed by atoms with E-state index in [1.165, 1.54) is 12.1 Å². The molecule has 0 unspecified atom stereocenters. The molecule has 1 heterocycles. The molecule has 0 aromatic heterocycles. The number of rotatable bonds is 7. The maximum Gasteiger partial charge on any atom is 0.416 e. The highest BCUT2D eigenvalue weighted by atomic mass is 19.4. The van der Waals surface area contributed by atoms with Crippen LogP contribution in [0.2, 0.25) is 0 Å². The highest BCUT2D eigenvalue weighted by Gasteiger charge is 2.30. The Balaban J connectivity index is 1.76. The van der Waals surface area contributed by atoms with E-state index < -0.39 is 11.7 Å². The van der Waals surface area contributed by atoms with Gasteiger partial charge in [-0.2, -0.15) is 13.2 Å². The van der Waals surface area contributed by atoms with Crippen molar-refractivity contribution < 1.29 is 22.6 Å². The minimum Gasteiger partial charge on any atom is -0.385 e. The first-order valence-electron chi connectivity index (χ1n) is 9.16. The van der Waals surface area contributed by atoms with Crippen LogP contribution in [0.3, 0.4) is 0 Å². The third-order valence-electron chi connectivity index (χ3n) is 4.53. The number of guanidine groups is 1. The minimum atomic E-state index is -4.31. The first-order chi connectivity index (χ1) is 12.9. The van der Waals surface area contributed by atoms with Gasteiger partial charge < -0.3 is 19.7 Å². The largest absolute Gasteiger partial charge is 0.416 e. The van der Waals surface area contributed by atoms with Crippen LogP contribution in [0.4, 0.5) is 13.2 Å². The molecule has 1 N–H and O–H groups in total. The van der Waals surface area contributed by atoms with Gasteiger partial charge in [0.15, 0.2) is 5.96 Å². The van der Waals surface area contributed by atoms with E-state index in [-0.39, 0.29) is 6.10 Å². The summed E-state index contributed by atoms with van der Waals surface area (Å²) in [5.74, 6) is 0.757. The number of likely N-dealkylation sites (tertiary alicyclic amines) is 1. The lowest BCUT2D eigenvalue weighted by atomic mass is 10.1. The fourth-order valence-electron chi connectivity index (χ4n) is 3.01. The van der Waals surface area contributed by atoms with Crippen molar-refractivity contribution in [2.24, 2.45) is 4.99 Å². The number of hydrogen-bond donors (Lipinski definition) is 1. The molecule has 0 spiro atoms. The molecule has 1 saturated heterocycles. The van der Waals surface area contributed by atoms with Gasteiger partial charge in [-0.15, -0.1) is 0 Å². The van der Waals surface area contributed by atoms with Crippen LogP contribution in [0.1, 0.15) is 30.4 Å². The molecule has 0 radical (unpaired) electrons. The van der Waals surface area contributed by atoms with Crippen molar-refractivity contribution >= 4 is 5.96 Å². The third kappa shape index (κ3) is 7.03. The summed E-state index contributed by atoms with van der Waals surface area (Å²) in [6.07, 6.45) is -1.31. The molecule has 8 heteroatoms. The molecular weight excluding hydrogens is 359 g/mol. The summed E-state index contributed by atoms with van der Waals surface area (Å²) in [5.41, 5.74) is 0.142. The Bertz CT molecular complexity index is 583. The van der Waals surface area contributed by atoms with Crippen LogP contribution in [-0.2, 0) is 22.2 Å². The van der Waals surface area contributed by atoms with E-state index in [2.05, 4.69) is 15.2 Å². The van der Waals surface area contributed by atoms with E-state index in [1.807, 2.05) is 0 Å². The Kier molecular flexibility index (Phi) is 8.37. The van der Waals surface area contributed by atoms with Crippen molar-refractivity contribution in [1.82, 2.24) is 10.2 Å². The van der Waals surface area contributed by atoms with Crippen LogP contribution in [0.5, 0.6) is 0 Å². The average Bonchev–Trinajstić information content (AvgIpc) is 2.66. The molecule has 152 valence electrons. The lowest BCUT2D eigenvalue weighted by Gasteiger charge is -2.34. The van der Waals surface area contributed by atoms with Gasteiger partial charge in [0, 0.05) is 47.0 Å². The zero-order valence-electron chi connectivity index (χ0n) is 15.9. The minimum absolute atomic E-state index is 0.256. The van der Waals surface area contributed by atoms with Crippen molar-refractivity contribution in [3.05, 3.63) is 35.4 Å². The predicted molar refractivity (Wildman–Crippen MR) is 98.7 cm³/mol. The SMILES string of the molecule is CN=C(NCc1ccc(C(F)(F)F)cc1)N1CCC(OCCCOC)CC1. The number of hydrogen-bond acceptors (Lipinski definition) is 3. The molecule has 0 bridgehead atoms. The quantitative estimate of drug-likeness (QED) is 0.443. The second-order valence-electron chi connectivity index (χ2n) is 6.50. The Morgan fingerprint density at radius 2 is 1.85 bits per heavy atom. The topological polar surface area (TPSA) is 46.1 Å². The monoisotopic (exact) mass is 387 g/mol. The zero-order chi connectivity index (χ0) is 19.7. The van der Waals surface area contributed by atoms with Crippen LogP contribution in [0.25, 0.3) is 0 Å². The third-order valence-corrected chi connectivity index (χ3v) is 4.53. The molecule has 0 amide bonds. The van der Waals surface area contributed by atoms with Crippen molar-refractivity contribution in [2.45, 2.75) is 38.1 Å². The molecule has 2 rings (SSSR count). The van der Waals surface area contributed by atoms with Gasteiger partial charge in [-0.3, -0.25) is 4.99 Å². The zero-order valence-corrected chi connectivity index (χ0v) is 15.9. The smallest absolute Gasteiger partial charge is 0.385 e. The van der Waals surface area contributed by atoms with Crippen LogP contribution in [-0.4, -0.2) is 57.4 Å². The Morgan fingerprint density at radius 3 is 2.41 bits per heavy atom. The Hall–Kier alpha value is -1.80. The van der Waals surface area contributed by atoms with E-state index in [9.17, 15) is 13.2 Å². The fraction of sp³-hybridized carbons (Fsp3) is 0.632. The summed E-state index contributed by atoms with van der Waals surface area (Å²) in [6.45, 7) is 3.51. The molecule has 0 atom stereocenters. The summed E-state index contributed by atoms with van der Waals surface area (Å²) in [5, 5.41) is 3.23. The van der Waals surface area contributed by atoms with Crippen LogP contribution < -0.4 is 5.32 Å². The average molecular weight is 387 g/mol. The van der Waals surface area contributed by atoms with Gasteiger partial charge in [-0.05, 0) is 37.0 Å². The van der Waals surface area contributed by atoms with Crippen LogP contribution in [0, 0.1) is 0 Å². The summed E-state index contributed by atoms with van der Waals surface area (Å²) in [7, 11) is 3.39. The number of halogens is 3. The van der Waals surface area contributed by atoms with E-state index >= 15 is 0 Å². The van der Waals surface area contributed by atoms with Gasteiger partial charge in [-0.25, -0.2) is 0 Å². The first-order valence-corrected chi connectivity index (χ1v) is 9.16. The molecule has 1 aliphatic rings. The summed E-state index contributed by atoms with van der Waals surface area (Å²) < 4.78 is 48.7. The normalized spacial score (nSPS) is 16.6. The standard InChI is InChI=1S/C19H28F3N3O2/c1-23-18(24-14-15-4-6-16(7-5-15)19(20,21)22)25-10-8-17(9-11-25)27-13-3-12-26-2/h4-7,17H,3,8-14H2,1-2H3,(H,23,24). The lowest BCUT2D eigenvalue weighted by Crippen LogP contribution is -2.46. The molecular formula is C19H28F3N3O2. The summed E-state index contributed by atoms with van der Waals surface area (Å²) >= 11 is 0. The van der Waals surface area contributed by atoms with Crippen molar-refractivity contribution in [3.8, 4) is 0 Å². The maximum atomic E-state index is 12.6. The van der Waals surface area contributed by atoms with Gasteiger partial charge in [0.1, 0.15) is 0 Å². The van der Waals surface area contributed by atoms with Crippen molar-refractivity contribution in [3.63, 3.8) is 0 Å². The first kappa shape index (κ1) is 21.5. The van der Waals surface area contributed by atoms with E-state index in [4.69, 9.17) is 9.47 Å². The number of methoxy groups -OCH3 is 1. The Morgan fingerprint density at radius 1 is 1.19 bits per heavy atom. The van der Waals surface area contributed by atoms with Crippen LogP contribution >= 0.6 is 0 Å². The number of ether oxygens (including phenoxy) is 2. The van der Waals surface area contributed by atoms with E-state index in [1.54, 1.807) is 14.2 Å². The molecule has 1 aromatic rings. The predicted octanol–water partition coefficient (Wildman–Crippen LogP) is 3.30. The molecule has 0 aliphatic carbocycles. The second-order valence-corrected chi connectivity index (χ2v) is 6.50. The lowest BCUT2D eigenvalue weighted by molar-refractivity contribution is -0.137. The highest BCUT2D eigenvalue weighted by Crippen LogP contribution is 2.29. The molecule has 1 aliphatic heterocycles. The number of nitrogens with zero attached hydrogens (tertiary/aromatic N) is 2. The van der Waals surface area contributed by atoms with Gasteiger partial charge in [0.05, 0.1) is 11.7 Å². The van der Waals surface area contributed by atoms with Gasteiger partial charge in [0.2, 0.25) is 0 Å². The molecule has 0 saturated carbocycles. The fourth-order valence-corrected chi connectivity index (χ4v) is 3.01. The Labute approximate surface area is 158 Å². The number of benzene rings is 1. The van der Waals surface area contributed by atoms with Crippen LogP contribution in [0.15, 0.2) is 29.3 Å².